The molecule has 1 aromatic heterocycles. The van der Waals surface area contributed by atoms with Gasteiger partial charge in [-0.3, -0.25) is 0 Å². The Morgan fingerprint density at radius 3 is 2.50 bits per heavy atom. The maximum Gasteiger partial charge on any atom is 0.322 e. The molecule has 0 spiro atoms. The van der Waals surface area contributed by atoms with Gasteiger partial charge in [0.25, 0.3) is 0 Å². The summed E-state index contributed by atoms with van der Waals surface area (Å²) >= 11 is 0. The third-order valence-electron chi connectivity index (χ3n) is 4.93. The van der Waals surface area contributed by atoms with Crippen LogP contribution >= 0.6 is 0 Å². The molecule has 1 atom stereocenters. The number of fused-ring (bicyclic) bond motifs is 3. The van der Waals surface area contributed by atoms with E-state index in [4.69, 9.17) is 0 Å². The zero-order valence-electron chi connectivity index (χ0n) is 15.1. The molecule has 1 aliphatic heterocycles. The van der Waals surface area contributed by atoms with Crippen molar-refractivity contribution < 1.29 is 4.79 Å². The minimum absolute atomic E-state index is 0.00103. The molecule has 26 heavy (non-hydrogen) atoms. The summed E-state index contributed by atoms with van der Waals surface area (Å²) in [5, 5.41) is 3.06. The highest BCUT2D eigenvalue weighted by molar-refractivity contribution is 5.89. The fraction of sp³-hybridized carbons (Fsp3) is 0.227. The van der Waals surface area contributed by atoms with Crippen LogP contribution in [-0.2, 0) is 6.54 Å². The van der Waals surface area contributed by atoms with Gasteiger partial charge >= 0.3 is 6.03 Å². The number of urea groups is 1. The van der Waals surface area contributed by atoms with Crippen LogP contribution in [0.5, 0.6) is 0 Å². The van der Waals surface area contributed by atoms with E-state index in [0.717, 1.165) is 22.6 Å². The Balaban J connectivity index is 1.77. The average molecular weight is 345 g/mol. The van der Waals surface area contributed by atoms with Gasteiger partial charge in [-0.25, -0.2) is 4.79 Å². The topological polar surface area (TPSA) is 37.3 Å². The van der Waals surface area contributed by atoms with E-state index in [-0.39, 0.29) is 12.1 Å². The normalized spacial score (nSPS) is 16.0. The van der Waals surface area contributed by atoms with Crippen molar-refractivity contribution in [3.05, 3.63) is 84.2 Å². The van der Waals surface area contributed by atoms with E-state index in [1.807, 2.05) is 47.4 Å². The first-order valence-corrected chi connectivity index (χ1v) is 9.03. The van der Waals surface area contributed by atoms with Crippen LogP contribution in [0.1, 0.15) is 31.1 Å². The van der Waals surface area contributed by atoms with Gasteiger partial charge in [0.05, 0.1) is 18.3 Å². The van der Waals surface area contributed by atoms with Crippen molar-refractivity contribution in [2.45, 2.75) is 26.4 Å². The van der Waals surface area contributed by atoms with Gasteiger partial charge in [0, 0.05) is 17.6 Å². The standard InChI is InChI=1S/C22H23N3O/c1-16(2)21-20-13-8-14-24(20)19-12-7-6-9-17(19)15-25(21)22(26)23-18-10-4-3-5-11-18/h3-14,16,21H,15H2,1-2H3,(H,23,26)/t21-/m1/s1. The Labute approximate surface area is 154 Å². The largest absolute Gasteiger partial charge is 0.322 e. The second kappa shape index (κ2) is 6.71. The van der Waals surface area contributed by atoms with E-state index in [1.165, 1.54) is 0 Å². The van der Waals surface area contributed by atoms with Crippen LogP contribution in [0.3, 0.4) is 0 Å². The molecule has 1 aliphatic rings. The van der Waals surface area contributed by atoms with Crippen LogP contribution < -0.4 is 5.32 Å². The molecule has 0 saturated heterocycles. The van der Waals surface area contributed by atoms with Gasteiger partial charge in [-0.05, 0) is 41.8 Å². The summed E-state index contributed by atoms with van der Waals surface area (Å²) in [6.45, 7) is 4.92. The number of anilines is 1. The molecule has 2 aromatic carbocycles. The van der Waals surface area contributed by atoms with E-state index >= 15 is 0 Å². The SMILES string of the molecule is CC(C)[C@@H]1c2cccn2-c2ccccc2CN1C(=O)Nc1ccccc1. The Hall–Kier alpha value is -3.01. The number of nitrogens with one attached hydrogen (secondary N) is 1. The molecule has 0 radical (unpaired) electrons. The minimum atomic E-state index is -0.0700. The van der Waals surface area contributed by atoms with Crippen LogP contribution in [0, 0.1) is 5.92 Å². The molecule has 2 amide bonds. The van der Waals surface area contributed by atoms with Crippen LogP contribution in [0.4, 0.5) is 10.5 Å². The highest BCUT2D eigenvalue weighted by Gasteiger charge is 2.33. The number of hydrogen-bond donors (Lipinski definition) is 1. The van der Waals surface area contributed by atoms with Crippen LogP contribution in [0.2, 0.25) is 0 Å². The summed E-state index contributed by atoms with van der Waals surface area (Å²) in [5.41, 5.74) is 4.26. The van der Waals surface area contributed by atoms with E-state index in [2.05, 4.69) is 54.2 Å². The Morgan fingerprint density at radius 2 is 1.73 bits per heavy atom. The van der Waals surface area contributed by atoms with Crippen molar-refractivity contribution in [1.29, 1.82) is 0 Å². The van der Waals surface area contributed by atoms with Gasteiger partial charge < -0.3 is 14.8 Å². The molecule has 3 aromatic rings. The molecule has 4 rings (SSSR count). The fourth-order valence-corrected chi connectivity index (χ4v) is 3.79. The molecule has 132 valence electrons. The van der Waals surface area contributed by atoms with Gasteiger partial charge in [0.1, 0.15) is 0 Å². The maximum absolute atomic E-state index is 13.2. The van der Waals surface area contributed by atoms with Gasteiger partial charge in [-0.15, -0.1) is 0 Å². The summed E-state index contributed by atoms with van der Waals surface area (Å²) in [7, 11) is 0. The number of rotatable bonds is 2. The van der Waals surface area contributed by atoms with Gasteiger partial charge in [0.2, 0.25) is 0 Å². The van der Waals surface area contributed by atoms with Crippen molar-refractivity contribution in [2.75, 3.05) is 5.32 Å². The highest BCUT2D eigenvalue weighted by atomic mass is 16.2. The lowest BCUT2D eigenvalue weighted by molar-refractivity contribution is 0.162. The fourth-order valence-electron chi connectivity index (χ4n) is 3.79. The predicted octanol–water partition coefficient (Wildman–Crippen LogP) is 5.22. The molecular formula is C22H23N3O. The summed E-state index contributed by atoms with van der Waals surface area (Å²) in [4.78, 5) is 15.1. The molecule has 2 heterocycles. The average Bonchev–Trinajstić information content (AvgIpc) is 3.06. The molecule has 0 aliphatic carbocycles. The first-order chi connectivity index (χ1) is 12.6. The van der Waals surface area contributed by atoms with Crippen LogP contribution in [0.25, 0.3) is 5.69 Å². The zero-order chi connectivity index (χ0) is 18.1. The summed E-state index contributed by atoms with van der Waals surface area (Å²) < 4.78 is 2.22. The number of nitrogens with zero attached hydrogens (tertiary/aromatic N) is 2. The Bertz CT molecular complexity index is 914. The first kappa shape index (κ1) is 16.5. The number of carbonyl (C=O) groups is 1. The lowest BCUT2D eigenvalue weighted by Crippen LogP contribution is -2.39. The number of amides is 2. The molecule has 0 fully saturated rings. The first-order valence-electron chi connectivity index (χ1n) is 9.03. The highest BCUT2D eigenvalue weighted by Crippen LogP contribution is 2.36. The zero-order valence-corrected chi connectivity index (χ0v) is 15.1. The molecule has 0 bridgehead atoms. The smallest absolute Gasteiger partial charge is 0.318 e. The predicted molar refractivity (Wildman–Crippen MR) is 104 cm³/mol. The third kappa shape index (κ3) is 2.88. The van der Waals surface area contributed by atoms with Crippen molar-refractivity contribution in [1.82, 2.24) is 9.47 Å². The van der Waals surface area contributed by atoms with Crippen LogP contribution in [0.15, 0.2) is 72.9 Å². The van der Waals surface area contributed by atoms with Crippen molar-refractivity contribution in [2.24, 2.45) is 5.92 Å². The van der Waals surface area contributed by atoms with Crippen molar-refractivity contribution >= 4 is 11.7 Å². The monoisotopic (exact) mass is 345 g/mol. The molecule has 1 N–H and O–H groups in total. The second-order valence-electron chi connectivity index (χ2n) is 7.04. The number of hydrogen-bond acceptors (Lipinski definition) is 1. The Kier molecular flexibility index (Phi) is 4.25. The lowest BCUT2D eigenvalue weighted by Gasteiger charge is -2.33. The summed E-state index contributed by atoms with van der Waals surface area (Å²) in [5.74, 6) is 0.291. The van der Waals surface area contributed by atoms with E-state index in [1.54, 1.807) is 0 Å². The Morgan fingerprint density at radius 1 is 1.00 bits per heavy atom. The summed E-state index contributed by atoms with van der Waals surface area (Å²) in [6.07, 6.45) is 2.09. The number of benzene rings is 2. The third-order valence-corrected chi connectivity index (χ3v) is 4.93. The number of aromatic nitrogens is 1. The second-order valence-corrected chi connectivity index (χ2v) is 7.04. The maximum atomic E-state index is 13.2. The van der Waals surface area contributed by atoms with Gasteiger partial charge in [0.15, 0.2) is 0 Å². The molecular weight excluding hydrogens is 322 g/mol. The van der Waals surface area contributed by atoms with E-state index < -0.39 is 0 Å². The molecule has 4 heteroatoms. The van der Waals surface area contributed by atoms with Crippen molar-refractivity contribution in [3.8, 4) is 5.69 Å². The molecule has 0 unspecified atom stereocenters. The molecule has 4 nitrogen and oxygen atoms in total. The lowest BCUT2D eigenvalue weighted by atomic mass is 9.99. The van der Waals surface area contributed by atoms with Gasteiger partial charge in [-0.2, -0.15) is 0 Å². The van der Waals surface area contributed by atoms with Crippen LogP contribution in [-0.4, -0.2) is 15.5 Å². The van der Waals surface area contributed by atoms with E-state index in [0.29, 0.717) is 12.5 Å². The van der Waals surface area contributed by atoms with E-state index in [9.17, 15) is 4.79 Å². The van der Waals surface area contributed by atoms with Gasteiger partial charge in [-0.1, -0.05) is 50.2 Å². The number of carbonyl (C=O) groups excluding carboxylic acids is 1. The quantitative estimate of drug-likeness (QED) is 0.679. The minimum Gasteiger partial charge on any atom is -0.318 e. The number of para-hydroxylation sites is 2. The summed E-state index contributed by atoms with van der Waals surface area (Å²) in [6, 6.07) is 22.0. The van der Waals surface area contributed by atoms with Crippen molar-refractivity contribution in [3.63, 3.8) is 0 Å². The molecule has 0 saturated carbocycles.